The van der Waals surface area contributed by atoms with Gasteiger partial charge in [0.05, 0.1) is 0 Å². The number of hydrogen-bond acceptors (Lipinski definition) is 2. The SMILES string of the molecule is CNC(C1CCNCC1)C(C)(C)C. The van der Waals surface area contributed by atoms with Crippen molar-refractivity contribution in [3.63, 3.8) is 0 Å². The second-order valence-electron chi connectivity index (χ2n) is 5.22. The molecule has 1 atom stereocenters. The molecule has 1 aliphatic rings. The molecule has 2 nitrogen and oxygen atoms in total. The van der Waals surface area contributed by atoms with Gasteiger partial charge in [-0.15, -0.1) is 0 Å². The maximum absolute atomic E-state index is 3.48. The molecule has 0 spiro atoms. The first-order chi connectivity index (χ1) is 6.05. The predicted octanol–water partition coefficient (Wildman–Crippen LogP) is 1.62. The van der Waals surface area contributed by atoms with Crippen LogP contribution in [0.25, 0.3) is 0 Å². The van der Waals surface area contributed by atoms with E-state index in [1.165, 1.54) is 25.9 Å². The van der Waals surface area contributed by atoms with Crippen LogP contribution in [0.2, 0.25) is 0 Å². The van der Waals surface area contributed by atoms with Crippen molar-refractivity contribution in [1.29, 1.82) is 0 Å². The fourth-order valence-electron chi connectivity index (χ4n) is 2.55. The topological polar surface area (TPSA) is 24.1 Å². The highest BCUT2D eigenvalue weighted by Gasteiger charge is 2.31. The molecule has 0 bridgehead atoms. The molecular formula is C11H24N2. The Morgan fingerprint density at radius 1 is 1.23 bits per heavy atom. The zero-order valence-corrected chi connectivity index (χ0v) is 9.48. The van der Waals surface area contributed by atoms with Crippen molar-refractivity contribution in [3.8, 4) is 0 Å². The molecule has 0 saturated carbocycles. The van der Waals surface area contributed by atoms with Crippen LogP contribution in [0.5, 0.6) is 0 Å². The van der Waals surface area contributed by atoms with Crippen molar-refractivity contribution in [2.45, 2.75) is 39.7 Å². The van der Waals surface area contributed by atoms with Gasteiger partial charge in [0.2, 0.25) is 0 Å². The third-order valence-corrected chi connectivity index (χ3v) is 3.10. The van der Waals surface area contributed by atoms with E-state index in [0.29, 0.717) is 11.5 Å². The van der Waals surface area contributed by atoms with Gasteiger partial charge < -0.3 is 10.6 Å². The molecule has 1 aliphatic heterocycles. The minimum Gasteiger partial charge on any atom is -0.317 e. The summed E-state index contributed by atoms with van der Waals surface area (Å²) in [5.74, 6) is 0.853. The van der Waals surface area contributed by atoms with Crippen molar-refractivity contribution in [3.05, 3.63) is 0 Å². The highest BCUT2D eigenvalue weighted by Crippen LogP contribution is 2.29. The Hall–Kier alpha value is -0.0800. The lowest BCUT2D eigenvalue weighted by molar-refractivity contribution is 0.171. The molecule has 2 heteroatoms. The van der Waals surface area contributed by atoms with Crippen LogP contribution in [0.3, 0.4) is 0 Å². The number of nitrogens with one attached hydrogen (secondary N) is 2. The van der Waals surface area contributed by atoms with Crippen molar-refractivity contribution < 1.29 is 0 Å². The van der Waals surface area contributed by atoms with Crippen LogP contribution >= 0.6 is 0 Å². The van der Waals surface area contributed by atoms with E-state index >= 15 is 0 Å². The molecule has 1 saturated heterocycles. The Morgan fingerprint density at radius 3 is 2.15 bits per heavy atom. The third-order valence-electron chi connectivity index (χ3n) is 3.10. The molecule has 1 fully saturated rings. The molecule has 0 aliphatic carbocycles. The van der Waals surface area contributed by atoms with Crippen LogP contribution in [0.1, 0.15) is 33.6 Å². The second-order valence-corrected chi connectivity index (χ2v) is 5.22. The van der Waals surface area contributed by atoms with Crippen molar-refractivity contribution in [1.82, 2.24) is 10.6 Å². The molecule has 0 aromatic carbocycles. The lowest BCUT2D eigenvalue weighted by Gasteiger charge is -2.39. The molecule has 1 rings (SSSR count). The third kappa shape index (κ3) is 2.96. The van der Waals surface area contributed by atoms with E-state index in [1.807, 2.05) is 0 Å². The normalized spacial score (nSPS) is 23.1. The van der Waals surface area contributed by atoms with Gasteiger partial charge in [-0.1, -0.05) is 20.8 Å². The fraction of sp³-hybridized carbons (Fsp3) is 1.00. The molecule has 2 N–H and O–H groups in total. The maximum Gasteiger partial charge on any atom is 0.0142 e. The van der Waals surface area contributed by atoms with E-state index in [0.717, 1.165) is 5.92 Å². The average molecular weight is 184 g/mol. The number of piperidine rings is 1. The quantitative estimate of drug-likeness (QED) is 0.681. The van der Waals surface area contributed by atoms with E-state index in [9.17, 15) is 0 Å². The van der Waals surface area contributed by atoms with Crippen molar-refractivity contribution in [2.24, 2.45) is 11.3 Å². The van der Waals surface area contributed by atoms with Crippen LogP contribution in [-0.2, 0) is 0 Å². The predicted molar refractivity (Wildman–Crippen MR) is 57.9 cm³/mol. The summed E-state index contributed by atoms with van der Waals surface area (Å²) in [6, 6.07) is 0.662. The van der Waals surface area contributed by atoms with Crippen LogP contribution in [0, 0.1) is 11.3 Å². The summed E-state index contributed by atoms with van der Waals surface area (Å²) in [7, 11) is 2.10. The zero-order valence-electron chi connectivity index (χ0n) is 9.48. The number of hydrogen-bond donors (Lipinski definition) is 2. The summed E-state index contributed by atoms with van der Waals surface area (Å²) >= 11 is 0. The first kappa shape index (κ1) is 11.0. The van der Waals surface area contributed by atoms with Crippen molar-refractivity contribution in [2.75, 3.05) is 20.1 Å². The first-order valence-electron chi connectivity index (χ1n) is 5.43. The Balaban J connectivity index is 2.54. The summed E-state index contributed by atoms with van der Waals surface area (Å²) in [4.78, 5) is 0. The van der Waals surface area contributed by atoms with E-state index in [4.69, 9.17) is 0 Å². The van der Waals surface area contributed by atoms with Gasteiger partial charge in [-0.25, -0.2) is 0 Å². The Kier molecular flexibility index (Phi) is 3.74. The molecule has 0 amide bonds. The lowest BCUT2D eigenvalue weighted by atomic mass is 9.75. The fourth-order valence-corrected chi connectivity index (χ4v) is 2.55. The summed E-state index contributed by atoms with van der Waals surface area (Å²) in [5, 5.41) is 6.90. The van der Waals surface area contributed by atoms with Crippen LogP contribution < -0.4 is 10.6 Å². The van der Waals surface area contributed by atoms with Gasteiger partial charge in [0.15, 0.2) is 0 Å². The molecule has 78 valence electrons. The molecule has 1 unspecified atom stereocenters. The molecule has 0 radical (unpaired) electrons. The Morgan fingerprint density at radius 2 is 1.77 bits per heavy atom. The number of rotatable bonds is 2. The smallest absolute Gasteiger partial charge is 0.0142 e. The van der Waals surface area contributed by atoms with Gasteiger partial charge >= 0.3 is 0 Å². The average Bonchev–Trinajstić information content (AvgIpc) is 2.05. The molecular weight excluding hydrogens is 160 g/mol. The highest BCUT2D eigenvalue weighted by molar-refractivity contribution is 4.87. The molecule has 1 heterocycles. The summed E-state index contributed by atoms with van der Waals surface area (Å²) in [6.07, 6.45) is 2.64. The Bertz CT molecular complexity index is 143. The van der Waals surface area contributed by atoms with Gasteiger partial charge in [-0.05, 0) is 44.3 Å². The monoisotopic (exact) mass is 184 g/mol. The van der Waals surface area contributed by atoms with Gasteiger partial charge in [0, 0.05) is 6.04 Å². The van der Waals surface area contributed by atoms with E-state index in [-0.39, 0.29) is 0 Å². The largest absolute Gasteiger partial charge is 0.317 e. The summed E-state index contributed by atoms with van der Waals surface area (Å²) in [5.41, 5.74) is 0.386. The van der Waals surface area contributed by atoms with Crippen molar-refractivity contribution >= 4 is 0 Å². The minimum absolute atomic E-state index is 0.386. The van der Waals surface area contributed by atoms with Gasteiger partial charge in [0.25, 0.3) is 0 Å². The second kappa shape index (κ2) is 4.43. The van der Waals surface area contributed by atoms with E-state index in [2.05, 4.69) is 38.5 Å². The molecule has 0 aromatic rings. The summed E-state index contributed by atoms with van der Waals surface area (Å²) in [6.45, 7) is 9.38. The van der Waals surface area contributed by atoms with Crippen LogP contribution in [0.4, 0.5) is 0 Å². The minimum atomic E-state index is 0.386. The van der Waals surface area contributed by atoms with Gasteiger partial charge in [-0.2, -0.15) is 0 Å². The standard InChI is InChI=1S/C11H24N2/c1-11(2,3)10(12-4)9-5-7-13-8-6-9/h9-10,12-13H,5-8H2,1-4H3. The zero-order chi connectivity index (χ0) is 9.90. The van der Waals surface area contributed by atoms with E-state index in [1.54, 1.807) is 0 Å². The highest BCUT2D eigenvalue weighted by atomic mass is 14.9. The maximum atomic E-state index is 3.48. The van der Waals surface area contributed by atoms with Crippen LogP contribution in [0.15, 0.2) is 0 Å². The van der Waals surface area contributed by atoms with E-state index < -0.39 is 0 Å². The Labute approximate surface area is 82.5 Å². The van der Waals surface area contributed by atoms with Crippen LogP contribution in [-0.4, -0.2) is 26.2 Å². The molecule has 0 aromatic heterocycles. The van der Waals surface area contributed by atoms with Gasteiger partial charge in [0.1, 0.15) is 0 Å². The lowest BCUT2D eigenvalue weighted by Crippen LogP contribution is -2.47. The summed E-state index contributed by atoms with van der Waals surface area (Å²) < 4.78 is 0. The molecule has 13 heavy (non-hydrogen) atoms. The first-order valence-corrected chi connectivity index (χ1v) is 5.43. The van der Waals surface area contributed by atoms with Gasteiger partial charge in [-0.3, -0.25) is 0 Å².